The average Bonchev–Trinajstić information content (AvgIpc) is 3.16. The Balaban J connectivity index is 1.61. The van der Waals surface area contributed by atoms with Crippen molar-refractivity contribution in [1.29, 1.82) is 0 Å². The Morgan fingerprint density at radius 3 is 2.86 bits per heavy atom. The second kappa shape index (κ2) is 6.54. The van der Waals surface area contributed by atoms with E-state index in [1.165, 1.54) is 4.88 Å². The number of carbonyl (C=O) groups is 1. The number of carbonyl (C=O) groups excluding carboxylic acids is 1. The summed E-state index contributed by atoms with van der Waals surface area (Å²) in [6, 6.07) is 12.2. The molecule has 0 saturated carbocycles. The molecular weight excluding hydrogens is 300 g/mol. The van der Waals surface area contributed by atoms with Crippen LogP contribution in [0.25, 0.3) is 0 Å². The van der Waals surface area contributed by atoms with Crippen molar-refractivity contribution in [3.05, 3.63) is 46.7 Å². The van der Waals surface area contributed by atoms with Gasteiger partial charge < -0.3 is 10.6 Å². The Morgan fingerprint density at radius 2 is 2.14 bits per heavy atom. The van der Waals surface area contributed by atoms with Crippen LogP contribution in [0.3, 0.4) is 0 Å². The molecule has 2 N–H and O–H groups in total. The van der Waals surface area contributed by atoms with Crippen LogP contribution in [0.2, 0.25) is 0 Å². The first kappa shape index (κ1) is 14.5. The fourth-order valence-corrected chi connectivity index (χ4v) is 4.29. The van der Waals surface area contributed by atoms with Crippen LogP contribution in [0.15, 0.2) is 46.7 Å². The fourth-order valence-electron chi connectivity index (χ4n) is 2.63. The number of anilines is 1. The van der Waals surface area contributed by atoms with Crippen LogP contribution in [-0.2, 0) is 4.79 Å². The summed E-state index contributed by atoms with van der Waals surface area (Å²) in [7, 11) is 0. The lowest BCUT2D eigenvalue weighted by molar-refractivity contribution is -0.129. The molecule has 1 aromatic carbocycles. The number of amides is 1. The van der Waals surface area contributed by atoms with Gasteiger partial charge in [-0.15, -0.1) is 23.1 Å². The quantitative estimate of drug-likeness (QED) is 0.689. The highest BCUT2D eigenvalue weighted by molar-refractivity contribution is 8.00. The molecule has 1 aliphatic heterocycles. The zero-order valence-electron chi connectivity index (χ0n) is 11.7. The summed E-state index contributed by atoms with van der Waals surface area (Å²) in [5.41, 5.74) is 6.42. The number of nitrogens with two attached hydrogens (primary N) is 1. The van der Waals surface area contributed by atoms with Gasteiger partial charge in [0.15, 0.2) is 0 Å². The van der Waals surface area contributed by atoms with Gasteiger partial charge in [-0.25, -0.2) is 0 Å². The molecule has 110 valence electrons. The maximum absolute atomic E-state index is 12.5. The van der Waals surface area contributed by atoms with Crippen molar-refractivity contribution >= 4 is 34.7 Å². The van der Waals surface area contributed by atoms with Gasteiger partial charge in [0, 0.05) is 22.0 Å². The third kappa shape index (κ3) is 3.41. The second-order valence-electron chi connectivity index (χ2n) is 5.12. The highest BCUT2D eigenvalue weighted by atomic mass is 32.2. The zero-order valence-corrected chi connectivity index (χ0v) is 13.3. The molecule has 3 rings (SSSR count). The predicted octanol–water partition coefficient (Wildman–Crippen LogP) is 3.79. The molecule has 2 aromatic rings. The smallest absolute Gasteiger partial charge is 0.233 e. The third-order valence-electron chi connectivity index (χ3n) is 3.69. The standard InChI is InChI=1S/C16H18N2OS2/c17-12-5-7-13(8-6-12)21-11-16(19)18-9-1-3-14(18)15-4-2-10-20-15/h2,4-8,10,14H,1,3,9,11,17H2. The molecule has 1 saturated heterocycles. The fraction of sp³-hybridized carbons (Fsp3) is 0.312. The number of thiophene rings is 1. The summed E-state index contributed by atoms with van der Waals surface area (Å²) in [6.45, 7) is 0.879. The van der Waals surface area contributed by atoms with Crippen LogP contribution in [0.5, 0.6) is 0 Å². The van der Waals surface area contributed by atoms with Gasteiger partial charge >= 0.3 is 0 Å². The molecule has 1 unspecified atom stereocenters. The van der Waals surface area contributed by atoms with Crippen molar-refractivity contribution in [1.82, 2.24) is 4.90 Å². The van der Waals surface area contributed by atoms with Crippen molar-refractivity contribution in [2.45, 2.75) is 23.8 Å². The largest absolute Gasteiger partial charge is 0.399 e. The van der Waals surface area contributed by atoms with Gasteiger partial charge in [-0.1, -0.05) is 6.07 Å². The maximum atomic E-state index is 12.5. The lowest BCUT2D eigenvalue weighted by Crippen LogP contribution is -2.31. The Labute approximate surface area is 133 Å². The lowest BCUT2D eigenvalue weighted by Gasteiger charge is -2.23. The summed E-state index contributed by atoms with van der Waals surface area (Å²) in [6.07, 6.45) is 2.18. The van der Waals surface area contributed by atoms with E-state index in [9.17, 15) is 4.79 Å². The highest BCUT2D eigenvalue weighted by Crippen LogP contribution is 2.35. The van der Waals surface area contributed by atoms with Gasteiger partial charge in [-0.3, -0.25) is 4.79 Å². The molecule has 1 fully saturated rings. The first-order chi connectivity index (χ1) is 10.2. The monoisotopic (exact) mass is 318 g/mol. The number of rotatable bonds is 4. The summed E-state index contributed by atoms with van der Waals surface area (Å²) in [5.74, 6) is 0.721. The summed E-state index contributed by atoms with van der Waals surface area (Å²) in [5, 5.41) is 2.08. The van der Waals surface area contributed by atoms with E-state index in [2.05, 4.69) is 17.5 Å². The minimum Gasteiger partial charge on any atom is -0.399 e. The van der Waals surface area contributed by atoms with Gasteiger partial charge in [0.1, 0.15) is 0 Å². The third-order valence-corrected chi connectivity index (χ3v) is 5.66. The maximum Gasteiger partial charge on any atom is 0.233 e. The average molecular weight is 318 g/mol. The molecule has 0 spiro atoms. The Bertz CT molecular complexity index is 595. The molecule has 0 radical (unpaired) electrons. The van der Waals surface area contributed by atoms with Crippen LogP contribution < -0.4 is 5.73 Å². The van der Waals surface area contributed by atoms with E-state index < -0.39 is 0 Å². The molecule has 5 heteroatoms. The van der Waals surface area contributed by atoms with Gasteiger partial charge in [0.2, 0.25) is 5.91 Å². The van der Waals surface area contributed by atoms with E-state index in [1.54, 1.807) is 23.1 Å². The molecular formula is C16H18N2OS2. The highest BCUT2D eigenvalue weighted by Gasteiger charge is 2.30. The van der Waals surface area contributed by atoms with Crippen LogP contribution >= 0.6 is 23.1 Å². The number of likely N-dealkylation sites (tertiary alicyclic amines) is 1. The number of thioether (sulfide) groups is 1. The van der Waals surface area contributed by atoms with Gasteiger partial charge in [0.05, 0.1) is 11.8 Å². The zero-order chi connectivity index (χ0) is 14.7. The summed E-state index contributed by atoms with van der Waals surface area (Å²) >= 11 is 3.32. The Kier molecular flexibility index (Phi) is 4.51. The minimum atomic E-state index is 0.229. The number of hydrogen-bond acceptors (Lipinski definition) is 4. The summed E-state index contributed by atoms with van der Waals surface area (Å²) < 4.78 is 0. The van der Waals surface area contributed by atoms with Gasteiger partial charge in [-0.05, 0) is 48.6 Å². The number of hydrogen-bond donors (Lipinski definition) is 1. The molecule has 1 amide bonds. The van der Waals surface area contributed by atoms with Crippen LogP contribution in [0.1, 0.15) is 23.8 Å². The van der Waals surface area contributed by atoms with Crippen LogP contribution in [0.4, 0.5) is 5.69 Å². The molecule has 0 bridgehead atoms. The SMILES string of the molecule is Nc1ccc(SCC(=O)N2CCCC2c2cccs2)cc1. The first-order valence-electron chi connectivity index (χ1n) is 7.05. The molecule has 1 aromatic heterocycles. The lowest BCUT2D eigenvalue weighted by atomic mass is 10.2. The molecule has 1 aliphatic rings. The van der Waals surface area contributed by atoms with E-state index in [4.69, 9.17) is 5.73 Å². The van der Waals surface area contributed by atoms with E-state index in [0.717, 1.165) is 30.0 Å². The molecule has 21 heavy (non-hydrogen) atoms. The second-order valence-corrected chi connectivity index (χ2v) is 7.15. The number of nitrogen functional groups attached to an aromatic ring is 1. The van der Waals surface area contributed by atoms with Crippen molar-refractivity contribution in [2.75, 3.05) is 18.0 Å². The Hall–Kier alpha value is -1.46. The van der Waals surface area contributed by atoms with Gasteiger partial charge in [-0.2, -0.15) is 0 Å². The van der Waals surface area contributed by atoms with Crippen molar-refractivity contribution in [3.63, 3.8) is 0 Å². The molecule has 3 nitrogen and oxygen atoms in total. The number of benzene rings is 1. The van der Waals surface area contributed by atoms with E-state index in [1.807, 2.05) is 29.2 Å². The topological polar surface area (TPSA) is 46.3 Å². The van der Waals surface area contributed by atoms with Crippen molar-refractivity contribution in [3.8, 4) is 0 Å². The Morgan fingerprint density at radius 1 is 1.33 bits per heavy atom. The van der Waals surface area contributed by atoms with Crippen LogP contribution in [-0.4, -0.2) is 23.1 Å². The van der Waals surface area contributed by atoms with E-state index in [0.29, 0.717) is 5.75 Å². The van der Waals surface area contributed by atoms with Crippen molar-refractivity contribution < 1.29 is 4.79 Å². The molecule has 2 heterocycles. The molecule has 1 atom stereocenters. The molecule has 0 aliphatic carbocycles. The normalized spacial score (nSPS) is 18.1. The number of nitrogens with zero attached hydrogens (tertiary/aromatic N) is 1. The predicted molar refractivity (Wildman–Crippen MR) is 89.6 cm³/mol. The van der Waals surface area contributed by atoms with Crippen LogP contribution in [0, 0.1) is 0 Å². The minimum absolute atomic E-state index is 0.229. The van der Waals surface area contributed by atoms with E-state index in [-0.39, 0.29) is 11.9 Å². The first-order valence-corrected chi connectivity index (χ1v) is 8.92. The summed E-state index contributed by atoms with van der Waals surface area (Å²) in [4.78, 5) is 16.9. The van der Waals surface area contributed by atoms with Gasteiger partial charge in [0.25, 0.3) is 0 Å². The van der Waals surface area contributed by atoms with E-state index >= 15 is 0 Å². The van der Waals surface area contributed by atoms with Crippen molar-refractivity contribution in [2.24, 2.45) is 0 Å².